The summed E-state index contributed by atoms with van der Waals surface area (Å²) in [5.74, 6) is 0.0627. The molecule has 8 nitrogen and oxygen atoms in total. The molecular formula is C17H14N6O2. The first kappa shape index (κ1) is 16.1. The number of aromatic nitrogens is 4. The molecule has 25 heavy (non-hydrogen) atoms. The predicted octanol–water partition coefficient (Wildman–Crippen LogP) is 1.86. The van der Waals surface area contributed by atoms with Crippen LogP contribution in [-0.2, 0) is 4.79 Å². The van der Waals surface area contributed by atoms with E-state index in [9.17, 15) is 4.79 Å². The van der Waals surface area contributed by atoms with Crippen molar-refractivity contribution < 1.29 is 9.53 Å². The number of carbonyl (C=O) groups excluding carboxylic acids is 1. The molecule has 0 atom stereocenters. The van der Waals surface area contributed by atoms with E-state index < -0.39 is 0 Å². The van der Waals surface area contributed by atoms with Crippen LogP contribution in [0.4, 0.5) is 5.69 Å². The van der Waals surface area contributed by atoms with Crippen molar-refractivity contribution in [1.82, 2.24) is 20.2 Å². The monoisotopic (exact) mass is 334 g/mol. The molecule has 1 N–H and O–H groups in total. The SMILES string of the molecule is Cc1cc(NC(=O)COc2ccccc2C#N)ccc1-n1cnnn1. The van der Waals surface area contributed by atoms with E-state index in [1.807, 2.05) is 25.1 Å². The number of tetrazole rings is 1. The van der Waals surface area contributed by atoms with E-state index in [0.29, 0.717) is 17.0 Å². The van der Waals surface area contributed by atoms with Crippen molar-refractivity contribution in [3.05, 3.63) is 59.9 Å². The second-order valence-electron chi connectivity index (χ2n) is 5.20. The van der Waals surface area contributed by atoms with E-state index in [2.05, 4.69) is 20.8 Å². The van der Waals surface area contributed by atoms with Crippen molar-refractivity contribution in [3.8, 4) is 17.5 Å². The third kappa shape index (κ3) is 3.79. The number of nitrogens with zero attached hydrogens (tertiary/aromatic N) is 5. The Morgan fingerprint density at radius 1 is 1.32 bits per heavy atom. The molecule has 3 aromatic rings. The van der Waals surface area contributed by atoms with Gasteiger partial charge >= 0.3 is 0 Å². The van der Waals surface area contributed by atoms with Crippen LogP contribution in [0.25, 0.3) is 5.69 Å². The van der Waals surface area contributed by atoms with E-state index in [-0.39, 0.29) is 12.5 Å². The molecule has 1 aromatic heterocycles. The summed E-state index contributed by atoms with van der Waals surface area (Å²) in [5.41, 5.74) is 2.75. The topological polar surface area (TPSA) is 106 Å². The molecule has 8 heteroatoms. The first-order valence-corrected chi connectivity index (χ1v) is 7.43. The smallest absolute Gasteiger partial charge is 0.262 e. The number of hydrogen-bond donors (Lipinski definition) is 1. The Kier molecular flexibility index (Phi) is 4.67. The molecule has 1 heterocycles. The van der Waals surface area contributed by atoms with Gasteiger partial charge in [-0.15, -0.1) is 5.10 Å². The van der Waals surface area contributed by atoms with Crippen LogP contribution in [0.15, 0.2) is 48.8 Å². The molecule has 0 aliphatic carbocycles. The first-order chi connectivity index (χ1) is 12.2. The standard InChI is InChI=1S/C17H14N6O2/c1-12-8-14(6-7-15(12)23-11-19-21-22-23)20-17(24)10-25-16-5-3-2-4-13(16)9-18/h2-8,11H,10H2,1H3,(H,20,24). The lowest BCUT2D eigenvalue weighted by molar-refractivity contribution is -0.118. The maximum atomic E-state index is 12.1. The fourth-order valence-electron chi connectivity index (χ4n) is 2.29. The second-order valence-corrected chi connectivity index (χ2v) is 5.20. The van der Waals surface area contributed by atoms with Crippen LogP contribution in [0.5, 0.6) is 5.75 Å². The highest BCUT2D eigenvalue weighted by molar-refractivity contribution is 5.92. The summed E-state index contributed by atoms with van der Waals surface area (Å²) < 4.78 is 6.95. The Hall–Kier alpha value is -3.73. The average Bonchev–Trinajstić information content (AvgIpc) is 3.14. The molecule has 0 aliphatic heterocycles. The zero-order chi connectivity index (χ0) is 17.6. The molecule has 2 aromatic carbocycles. The van der Waals surface area contributed by atoms with Crippen molar-refractivity contribution in [1.29, 1.82) is 5.26 Å². The van der Waals surface area contributed by atoms with Gasteiger partial charge in [-0.3, -0.25) is 4.79 Å². The van der Waals surface area contributed by atoms with Crippen LogP contribution in [-0.4, -0.2) is 32.7 Å². The lowest BCUT2D eigenvalue weighted by atomic mass is 10.2. The van der Waals surface area contributed by atoms with Crippen LogP contribution < -0.4 is 10.1 Å². The number of amides is 1. The molecule has 0 unspecified atom stereocenters. The van der Waals surface area contributed by atoms with Crippen LogP contribution in [0.2, 0.25) is 0 Å². The number of nitrogens with one attached hydrogen (secondary N) is 1. The molecule has 0 bridgehead atoms. The summed E-state index contributed by atoms with van der Waals surface area (Å²) in [6, 6.07) is 14.2. The maximum Gasteiger partial charge on any atom is 0.262 e. The van der Waals surface area contributed by atoms with E-state index in [0.717, 1.165) is 11.3 Å². The van der Waals surface area contributed by atoms with Crippen LogP contribution in [0.1, 0.15) is 11.1 Å². The van der Waals surface area contributed by atoms with Crippen LogP contribution in [0, 0.1) is 18.3 Å². The Morgan fingerprint density at radius 2 is 2.16 bits per heavy atom. The molecular weight excluding hydrogens is 320 g/mol. The summed E-state index contributed by atoms with van der Waals surface area (Å²) in [5, 5.41) is 22.8. The van der Waals surface area contributed by atoms with Gasteiger partial charge in [-0.2, -0.15) is 5.26 Å². The molecule has 0 saturated heterocycles. The highest BCUT2D eigenvalue weighted by Gasteiger charge is 2.09. The molecule has 0 radical (unpaired) electrons. The summed E-state index contributed by atoms with van der Waals surface area (Å²) in [7, 11) is 0. The van der Waals surface area contributed by atoms with Gasteiger partial charge in [0, 0.05) is 5.69 Å². The van der Waals surface area contributed by atoms with Gasteiger partial charge in [-0.25, -0.2) is 4.68 Å². The van der Waals surface area contributed by atoms with Gasteiger partial charge in [0.15, 0.2) is 6.61 Å². The Bertz CT molecular complexity index is 931. The van der Waals surface area contributed by atoms with Gasteiger partial charge in [0.25, 0.3) is 5.91 Å². The summed E-state index contributed by atoms with van der Waals surface area (Å²) in [4.78, 5) is 12.1. The minimum atomic E-state index is -0.317. The van der Waals surface area contributed by atoms with E-state index >= 15 is 0 Å². The van der Waals surface area contributed by atoms with Crippen molar-refractivity contribution in [2.45, 2.75) is 6.92 Å². The van der Waals surface area contributed by atoms with Crippen molar-refractivity contribution >= 4 is 11.6 Å². The number of anilines is 1. The number of nitriles is 1. The van der Waals surface area contributed by atoms with Gasteiger partial charge in [0.05, 0.1) is 11.3 Å². The van der Waals surface area contributed by atoms with Gasteiger partial charge in [0.1, 0.15) is 18.1 Å². The quantitative estimate of drug-likeness (QED) is 0.763. The summed E-state index contributed by atoms with van der Waals surface area (Å²) >= 11 is 0. The van der Waals surface area contributed by atoms with Gasteiger partial charge in [-0.05, 0) is 53.2 Å². The normalized spacial score (nSPS) is 10.1. The van der Waals surface area contributed by atoms with Gasteiger partial charge < -0.3 is 10.1 Å². The minimum absolute atomic E-state index is 0.188. The molecule has 0 spiro atoms. The average molecular weight is 334 g/mol. The number of rotatable bonds is 5. The molecule has 1 amide bonds. The fourth-order valence-corrected chi connectivity index (χ4v) is 2.29. The fraction of sp³-hybridized carbons (Fsp3) is 0.118. The maximum absolute atomic E-state index is 12.1. The van der Waals surface area contributed by atoms with Crippen molar-refractivity contribution in [2.75, 3.05) is 11.9 Å². The van der Waals surface area contributed by atoms with Crippen LogP contribution >= 0.6 is 0 Å². The molecule has 124 valence electrons. The number of benzene rings is 2. The van der Waals surface area contributed by atoms with E-state index in [1.54, 1.807) is 35.0 Å². The van der Waals surface area contributed by atoms with Gasteiger partial charge in [-0.1, -0.05) is 12.1 Å². The zero-order valence-electron chi connectivity index (χ0n) is 13.4. The highest BCUT2D eigenvalue weighted by atomic mass is 16.5. The summed E-state index contributed by atoms with van der Waals surface area (Å²) in [6.07, 6.45) is 1.50. The lowest BCUT2D eigenvalue weighted by Gasteiger charge is -2.10. The molecule has 0 saturated carbocycles. The first-order valence-electron chi connectivity index (χ1n) is 7.43. The van der Waals surface area contributed by atoms with Crippen molar-refractivity contribution in [3.63, 3.8) is 0 Å². The number of hydrogen-bond acceptors (Lipinski definition) is 6. The Labute approximate surface area is 143 Å². The number of carbonyl (C=O) groups is 1. The van der Waals surface area contributed by atoms with Crippen molar-refractivity contribution in [2.24, 2.45) is 0 Å². The lowest BCUT2D eigenvalue weighted by Crippen LogP contribution is -2.20. The zero-order valence-corrected chi connectivity index (χ0v) is 13.4. The largest absolute Gasteiger partial charge is 0.482 e. The minimum Gasteiger partial charge on any atom is -0.482 e. The van der Waals surface area contributed by atoms with E-state index in [4.69, 9.17) is 10.00 Å². The number of para-hydroxylation sites is 1. The van der Waals surface area contributed by atoms with Crippen LogP contribution in [0.3, 0.4) is 0 Å². The van der Waals surface area contributed by atoms with Gasteiger partial charge in [0.2, 0.25) is 0 Å². The Morgan fingerprint density at radius 3 is 2.88 bits per heavy atom. The molecule has 3 rings (SSSR count). The third-order valence-corrected chi connectivity index (χ3v) is 3.44. The second kappa shape index (κ2) is 7.23. The number of aryl methyl sites for hydroxylation is 1. The van der Waals surface area contributed by atoms with E-state index in [1.165, 1.54) is 6.33 Å². The molecule has 0 aliphatic rings. The predicted molar refractivity (Wildman–Crippen MR) is 89.2 cm³/mol. The summed E-state index contributed by atoms with van der Waals surface area (Å²) in [6.45, 7) is 1.71. The third-order valence-electron chi connectivity index (χ3n) is 3.44. The highest BCUT2D eigenvalue weighted by Crippen LogP contribution is 2.19. The Balaban J connectivity index is 1.63. The molecule has 0 fully saturated rings. The number of ether oxygens (including phenoxy) is 1.